The molecule has 0 spiro atoms. The average Bonchev–Trinajstić information content (AvgIpc) is 2.93. The Hall–Kier alpha value is -3.96. The van der Waals surface area contributed by atoms with Crippen molar-refractivity contribution in [2.75, 3.05) is 0 Å². The van der Waals surface area contributed by atoms with E-state index in [1.165, 1.54) is 4.74 Å². The summed E-state index contributed by atoms with van der Waals surface area (Å²) < 4.78 is 348. The van der Waals surface area contributed by atoms with Crippen LogP contribution in [-0.4, -0.2) is 48.9 Å². The number of ether oxygens (including phenoxy) is 6. The lowest BCUT2D eigenvalue weighted by Crippen LogP contribution is -2.61. The van der Waals surface area contributed by atoms with Gasteiger partial charge in [-0.05, 0) is 0 Å². The number of alkyl halides is 16. The summed E-state index contributed by atoms with van der Waals surface area (Å²) in [6, 6.07) is 0. The van der Waals surface area contributed by atoms with Gasteiger partial charge in [0.05, 0.1) is 0 Å². The Morgan fingerprint density at radius 2 is 0.420 bits per heavy atom. The highest BCUT2D eigenvalue weighted by Gasteiger charge is 2.78. The molecular formula is C20F24O6. The second-order valence-corrected chi connectivity index (χ2v) is 8.57. The molecule has 0 bridgehead atoms. The van der Waals surface area contributed by atoms with Gasteiger partial charge in [-0.2, -0.15) is 87.8 Å². The number of hydrogen-bond donors (Lipinski definition) is 0. The maximum Gasteiger partial charge on any atom is 0.494 e. The van der Waals surface area contributed by atoms with Crippen molar-refractivity contribution < 1.29 is 134 Å². The van der Waals surface area contributed by atoms with Crippen molar-refractivity contribution in [3.63, 3.8) is 0 Å². The van der Waals surface area contributed by atoms with Gasteiger partial charge in [0, 0.05) is 0 Å². The normalized spacial score (nSPS) is 23.5. The van der Waals surface area contributed by atoms with E-state index in [1.807, 2.05) is 0 Å². The molecule has 0 aliphatic carbocycles. The largest absolute Gasteiger partial charge is 0.494 e. The van der Waals surface area contributed by atoms with Gasteiger partial charge in [0.1, 0.15) is 0 Å². The van der Waals surface area contributed by atoms with E-state index < -0.39 is 118 Å². The fourth-order valence-electron chi connectivity index (χ4n) is 2.86. The molecule has 6 nitrogen and oxygen atoms in total. The zero-order valence-electron chi connectivity index (χ0n) is 21.5. The summed E-state index contributed by atoms with van der Waals surface area (Å²) in [7, 11) is 0. The van der Waals surface area contributed by atoms with Crippen molar-refractivity contribution in [1.29, 1.82) is 0 Å². The lowest BCUT2D eigenvalue weighted by Gasteiger charge is -2.36. The van der Waals surface area contributed by atoms with E-state index in [9.17, 15) is 105 Å². The maximum absolute atomic E-state index is 14.5. The first-order valence-corrected chi connectivity index (χ1v) is 11.0. The molecule has 1 aliphatic rings. The second-order valence-electron chi connectivity index (χ2n) is 8.57. The van der Waals surface area contributed by atoms with Crippen LogP contribution in [0.4, 0.5) is 105 Å². The summed E-state index contributed by atoms with van der Waals surface area (Å²) in [4.78, 5) is 0. The summed E-state index contributed by atoms with van der Waals surface area (Å²) in [6.45, 7) is 0. The molecule has 0 fully saturated rings. The Balaban J connectivity index is 2.50. The first-order valence-electron chi connectivity index (χ1n) is 11.0. The molecular weight excluding hydrogens is 792 g/mol. The third-order valence-corrected chi connectivity index (χ3v) is 5.16. The highest BCUT2D eigenvalue weighted by Crippen LogP contribution is 2.54. The van der Waals surface area contributed by atoms with E-state index in [0.717, 1.165) is 0 Å². The lowest BCUT2D eigenvalue weighted by atomic mass is 10.2. The first kappa shape index (κ1) is 40.5. The second kappa shape index (κ2) is 11.8. The standard InChI is InChI=1S/C20F24O6/c21-1-3(23)7(27)11-9(5(1)25)45-10-6(26)2(22)4(24)8(28)12(10)47-14(31,32)16(35,36)49-18(39,40)20(43,44)50-19(41,42)17(37,38)48-15(33,34)13(29,30)46-11. The van der Waals surface area contributed by atoms with Crippen LogP contribution in [0.1, 0.15) is 0 Å². The maximum atomic E-state index is 14.5. The van der Waals surface area contributed by atoms with Gasteiger partial charge in [0.15, 0.2) is 0 Å². The Kier molecular flexibility index (Phi) is 9.55. The van der Waals surface area contributed by atoms with Crippen molar-refractivity contribution in [3.8, 4) is 23.0 Å². The number of fused-ring (bicyclic) bond motifs is 2. The Morgan fingerprint density at radius 3 is 0.640 bits per heavy atom. The quantitative estimate of drug-likeness (QED) is 0.151. The van der Waals surface area contributed by atoms with Crippen LogP contribution < -0.4 is 14.2 Å². The summed E-state index contributed by atoms with van der Waals surface area (Å²) in [5, 5.41) is 0. The van der Waals surface area contributed by atoms with Gasteiger partial charge in [-0.3, -0.25) is 0 Å². The van der Waals surface area contributed by atoms with Crippen LogP contribution >= 0.6 is 0 Å². The van der Waals surface area contributed by atoms with Crippen LogP contribution in [0.2, 0.25) is 0 Å². The van der Waals surface area contributed by atoms with Gasteiger partial charge in [0.2, 0.25) is 69.5 Å². The monoisotopic (exact) mass is 792 g/mol. The third kappa shape index (κ3) is 6.50. The van der Waals surface area contributed by atoms with Gasteiger partial charge >= 0.3 is 48.9 Å². The fourth-order valence-corrected chi connectivity index (χ4v) is 2.86. The summed E-state index contributed by atoms with van der Waals surface area (Å²) in [5.74, 6) is -43.1. The molecule has 2 aromatic carbocycles. The predicted octanol–water partition coefficient (Wildman–Crippen LogP) is 9.16. The molecule has 0 saturated carbocycles. The van der Waals surface area contributed by atoms with E-state index in [4.69, 9.17) is 0 Å². The van der Waals surface area contributed by atoms with Crippen LogP contribution in [0.3, 0.4) is 0 Å². The Bertz CT molecular complexity index is 1560. The molecule has 284 valence electrons. The van der Waals surface area contributed by atoms with Crippen LogP contribution in [0.15, 0.2) is 0 Å². The highest BCUT2D eigenvalue weighted by atomic mass is 19.4. The van der Waals surface area contributed by atoms with Gasteiger partial charge < -0.3 is 14.2 Å². The van der Waals surface area contributed by atoms with Gasteiger partial charge in [-0.15, -0.1) is 0 Å². The van der Waals surface area contributed by atoms with Crippen LogP contribution in [0, 0.1) is 46.5 Å². The Morgan fingerprint density at radius 1 is 0.240 bits per heavy atom. The first-order chi connectivity index (χ1) is 22.1. The van der Waals surface area contributed by atoms with Gasteiger partial charge in [0.25, 0.3) is 0 Å². The number of rotatable bonds is 0. The molecule has 1 heterocycles. The van der Waals surface area contributed by atoms with Gasteiger partial charge in [-0.1, -0.05) is 0 Å². The SMILES string of the molecule is Fc1c(F)c(F)c2c(c1F)Oc1c(F)c(F)c(F)c(F)c1OC(F)(F)C(F)(F)OC(F)(F)C(F)(F)OC(F)(F)C(F)(F)OC(F)(F)C(F)(F)O2. The molecule has 0 atom stereocenters. The Labute approximate surface area is 253 Å². The van der Waals surface area contributed by atoms with E-state index in [2.05, 4.69) is 14.2 Å². The molecule has 3 rings (SSSR count). The molecule has 0 amide bonds. The summed E-state index contributed by atoms with van der Waals surface area (Å²) in [5.41, 5.74) is 0. The van der Waals surface area contributed by atoms with E-state index in [0.29, 0.717) is 0 Å². The summed E-state index contributed by atoms with van der Waals surface area (Å²) >= 11 is 0. The van der Waals surface area contributed by atoms with E-state index >= 15 is 0 Å². The van der Waals surface area contributed by atoms with Gasteiger partial charge in [-0.25, -0.2) is 31.8 Å². The number of halogens is 24. The molecule has 0 aromatic heterocycles. The van der Waals surface area contributed by atoms with Crippen molar-refractivity contribution in [1.82, 2.24) is 0 Å². The zero-order valence-corrected chi connectivity index (χ0v) is 21.5. The highest BCUT2D eigenvalue weighted by molar-refractivity contribution is 5.51. The number of hydrogen-bond acceptors (Lipinski definition) is 6. The van der Waals surface area contributed by atoms with E-state index in [1.54, 1.807) is 9.47 Å². The van der Waals surface area contributed by atoms with Crippen molar-refractivity contribution in [2.24, 2.45) is 0 Å². The predicted molar refractivity (Wildman–Crippen MR) is 96.7 cm³/mol. The number of benzene rings is 2. The molecule has 1 aliphatic heterocycles. The minimum Gasteiger partial charge on any atom is -0.443 e. The molecule has 0 saturated heterocycles. The summed E-state index contributed by atoms with van der Waals surface area (Å²) in [6.07, 6.45) is -62.3. The average molecular weight is 792 g/mol. The van der Waals surface area contributed by atoms with E-state index in [-0.39, 0.29) is 0 Å². The zero-order chi connectivity index (χ0) is 39.2. The minimum absolute atomic E-state index is 1.39. The topological polar surface area (TPSA) is 55.4 Å². The molecule has 50 heavy (non-hydrogen) atoms. The molecule has 30 heteroatoms. The molecule has 0 N–H and O–H groups in total. The fraction of sp³-hybridized carbons (Fsp3) is 0.400. The minimum atomic E-state index is -7.96. The molecule has 0 unspecified atom stereocenters. The van der Waals surface area contributed by atoms with Crippen molar-refractivity contribution in [3.05, 3.63) is 46.5 Å². The lowest BCUT2D eigenvalue weighted by molar-refractivity contribution is -0.576. The van der Waals surface area contributed by atoms with Crippen molar-refractivity contribution >= 4 is 0 Å². The van der Waals surface area contributed by atoms with Crippen LogP contribution in [0.5, 0.6) is 23.0 Å². The van der Waals surface area contributed by atoms with Crippen LogP contribution in [-0.2, 0) is 14.2 Å². The molecule has 2 aromatic rings. The molecule has 0 radical (unpaired) electrons. The smallest absolute Gasteiger partial charge is 0.443 e. The van der Waals surface area contributed by atoms with Crippen molar-refractivity contribution in [2.45, 2.75) is 48.9 Å². The third-order valence-electron chi connectivity index (χ3n) is 5.16. The van der Waals surface area contributed by atoms with Crippen LogP contribution in [0.25, 0.3) is 0 Å².